The van der Waals surface area contributed by atoms with Crippen molar-refractivity contribution in [1.29, 1.82) is 0 Å². The number of carbonyl (C=O) groups is 3. The lowest BCUT2D eigenvalue weighted by Crippen LogP contribution is -2.49. The van der Waals surface area contributed by atoms with Crippen LogP contribution in [0.4, 0.5) is 11.4 Å². The molecule has 176 valence electrons. The van der Waals surface area contributed by atoms with E-state index in [4.69, 9.17) is 9.47 Å². The third-order valence-electron chi connectivity index (χ3n) is 5.64. The number of benzene rings is 1. The van der Waals surface area contributed by atoms with E-state index >= 15 is 0 Å². The fraction of sp³-hybridized carbons (Fsp3) is 0.609. The summed E-state index contributed by atoms with van der Waals surface area (Å²) in [5.74, 6) is 0.159. The number of morpholine rings is 1. The zero-order valence-electron chi connectivity index (χ0n) is 19.3. The molecular formula is C23H34N4O5. The maximum atomic E-state index is 13.4. The second-order valence-corrected chi connectivity index (χ2v) is 8.58. The molecule has 0 aromatic heterocycles. The number of hydrogen-bond acceptors (Lipinski definition) is 6. The van der Waals surface area contributed by atoms with Gasteiger partial charge in [-0.1, -0.05) is 13.8 Å². The summed E-state index contributed by atoms with van der Waals surface area (Å²) in [6.45, 7) is 8.71. The van der Waals surface area contributed by atoms with Crippen molar-refractivity contribution in [2.45, 2.75) is 20.3 Å². The van der Waals surface area contributed by atoms with E-state index in [1.54, 1.807) is 17.0 Å². The molecule has 2 saturated heterocycles. The standard InChI is InChI=1S/C23H34N4O5/c1-17(2)14-22(29)26-8-6-25(7-9-26)20-5-4-18(24-21(28)16-31-3)15-19(20)23(30)27-10-12-32-13-11-27/h4-5,15,17H,6-14,16H2,1-3H3,(H,24,28). The molecule has 1 aromatic rings. The van der Waals surface area contributed by atoms with Crippen LogP contribution < -0.4 is 10.2 Å². The Morgan fingerprint density at radius 2 is 1.72 bits per heavy atom. The monoisotopic (exact) mass is 446 g/mol. The van der Waals surface area contributed by atoms with Gasteiger partial charge in [0.2, 0.25) is 11.8 Å². The number of hydrogen-bond donors (Lipinski definition) is 1. The molecule has 0 aliphatic carbocycles. The van der Waals surface area contributed by atoms with E-state index in [1.807, 2.05) is 24.8 Å². The number of nitrogens with one attached hydrogen (secondary N) is 1. The van der Waals surface area contributed by atoms with Crippen molar-refractivity contribution in [3.8, 4) is 0 Å². The van der Waals surface area contributed by atoms with Gasteiger partial charge in [0.05, 0.1) is 18.8 Å². The maximum Gasteiger partial charge on any atom is 0.256 e. The van der Waals surface area contributed by atoms with Crippen molar-refractivity contribution in [1.82, 2.24) is 9.80 Å². The van der Waals surface area contributed by atoms with Gasteiger partial charge in [-0.3, -0.25) is 14.4 Å². The topological polar surface area (TPSA) is 91.4 Å². The quantitative estimate of drug-likeness (QED) is 0.682. The first-order valence-corrected chi connectivity index (χ1v) is 11.2. The Morgan fingerprint density at radius 1 is 1.03 bits per heavy atom. The molecule has 0 unspecified atom stereocenters. The van der Waals surface area contributed by atoms with Gasteiger partial charge in [0.15, 0.2) is 0 Å². The van der Waals surface area contributed by atoms with Crippen molar-refractivity contribution in [3.63, 3.8) is 0 Å². The smallest absolute Gasteiger partial charge is 0.256 e. The molecule has 9 nitrogen and oxygen atoms in total. The highest BCUT2D eigenvalue weighted by molar-refractivity contribution is 6.02. The second kappa shape index (κ2) is 11.3. The third-order valence-corrected chi connectivity index (χ3v) is 5.64. The Hall–Kier alpha value is -2.65. The van der Waals surface area contributed by atoms with Crippen LogP contribution in [0.15, 0.2) is 18.2 Å². The van der Waals surface area contributed by atoms with Gasteiger partial charge in [0, 0.05) is 64.2 Å². The van der Waals surface area contributed by atoms with Crippen LogP contribution in [0.25, 0.3) is 0 Å². The first kappa shape index (κ1) is 24.0. The van der Waals surface area contributed by atoms with Crippen molar-refractivity contribution in [3.05, 3.63) is 23.8 Å². The molecule has 32 heavy (non-hydrogen) atoms. The maximum absolute atomic E-state index is 13.4. The van der Waals surface area contributed by atoms with Crippen LogP contribution in [0.2, 0.25) is 0 Å². The summed E-state index contributed by atoms with van der Waals surface area (Å²) < 4.78 is 10.3. The molecule has 0 spiro atoms. The summed E-state index contributed by atoms with van der Waals surface area (Å²) in [6.07, 6.45) is 0.552. The Kier molecular flexibility index (Phi) is 8.46. The first-order valence-electron chi connectivity index (χ1n) is 11.2. The lowest BCUT2D eigenvalue weighted by atomic mass is 10.1. The zero-order valence-corrected chi connectivity index (χ0v) is 19.3. The van der Waals surface area contributed by atoms with Gasteiger partial charge in [0.25, 0.3) is 5.91 Å². The summed E-state index contributed by atoms with van der Waals surface area (Å²) >= 11 is 0. The third kappa shape index (κ3) is 6.20. The number of ether oxygens (including phenoxy) is 2. The van der Waals surface area contributed by atoms with E-state index in [1.165, 1.54) is 7.11 Å². The molecule has 0 saturated carbocycles. The normalized spacial score (nSPS) is 16.9. The molecule has 1 aromatic carbocycles. The minimum absolute atomic E-state index is 0.0547. The van der Waals surface area contributed by atoms with E-state index in [9.17, 15) is 14.4 Å². The van der Waals surface area contributed by atoms with E-state index < -0.39 is 0 Å². The van der Waals surface area contributed by atoms with Crippen molar-refractivity contribution < 1.29 is 23.9 Å². The molecule has 0 bridgehead atoms. The molecule has 0 radical (unpaired) electrons. The van der Waals surface area contributed by atoms with E-state index in [0.29, 0.717) is 76.1 Å². The minimum atomic E-state index is -0.276. The number of nitrogens with zero attached hydrogens (tertiary/aromatic N) is 3. The Labute approximate surface area is 189 Å². The fourth-order valence-electron chi connectivity index (χ4n) is 4.00. The van der Waals surface area contributed by atoms with Gasteiger partial charge in [-0.05, 0) is 24.1 Å². The van der Waals surface area contributed by atoms with Crippen LogP contribution in [-0.2, 0) is 19.1 Å². The highest BCUT2D eigenvalue weighted by Crippen LogP contribution is 2.27. The van der Waals surface area contributed by atoms with Crippen molar-refractivity contribution in [2.75, 3.05) is 76.4 Å². The molecular weight excluding hydrogens is 412 g/mol. The van der Waals surface area contributed by atoms with Crippen LogP contribution in [0.5, 0.6) is 0 Å². The zero-order chi connectivity index (χ0) is 23.1. The molecule has 0 atom stereocenters. The molecule has 2 fully saturated rings. The predicted molar refractivity (Wildman–Crippen MR) is 122 cm³/mol. The largest absolute Gasteiger partial charge is 0.378 e. The number of anilines is 2. The van der Waals surface area contributed by atoms with Gasteiger partial charge in [0.1, 0.15) is 6.61 Å². The molecule has 2 heterocycles. The summed E-state index contributed by atoms with van der Waals surface area (Å²) in [5, 5.41) is 2.78. The average Bonchev–Trinajstić information content (AvgIpc) is 2.79. The highest BCUT2D eigenvalue weighted by Gasteiger charge is 2.27. The highest BCUT2D eigenvalue weighted by atomic mass is 16.5. The van der Waals surface area contributed by atoms with Crippen LogP contribution in [0.3, 0.4) is 0 Å². The summed E-state index contributed by atoms with van der Waals surface area (Å²) in [5.41, 5.74) is 1.92. The fourth-order valence-corrected chi connectivity index (χ4v) is 4.00. The summed E-state index contributed by atoms with van der Waals surface area (Å²) in [4.78, 5) is 43.6. The SMILES string of the molecule is COCC(=O)Nc1ccc(N2CCN(C(=O)CC(C)C)CC2)c(C(=O)N2CCOCC2)c1. The molecule has 9 heteroatoms. The lowest BCUT2D eigenvalue weighted by Gasteiger charge is -2.38. The number of piperazine rings is 1. The van der Waals surface area contributed by atoms with E-state index in [-0.39, 0.29) is 24.3 Å². The first-order chi connectivity index (χ1) is 15.4. The van der Waals surface area contributed by atoms with Gasteiger partial charge >= 0.3 is 0 Å². The summed E-state index contributed by atoms with van der Waals surface area (Å²) in [6, 6.07) is 5.41. The van der Waals surface area contributed by atoms with Gasteiger partial charge in [-0.15, -0.1) is 0 Å². The molecule has 2 aliphatic heterocycles. The van der Waals surface area contributed by atoms with E-state index in [2.05, 4.69) is 10.2 Å². The second-order valence-electron chi connectivity index (χ2n) is 8.58. The Morgan fingerprint density at radius 3 is 2.34 bits per heavy atom. The number of amides is 3. The summed E-state index contributed by atoms with van der Waals surface area (Å²) in [7, 11) is 1.46. The Bertz CT molecular complexity index is 815. The van der Waals surface area contributed by atoms with Crippen LogP contribution in [0, 0.1) is 5.92 Å². The van der Waals surface area contributed by atoms with Gasteiger partial charge in [-0.25, -0.2) is 0 Å². The van der Waals surface area contributed by atoms with Crippen LogP contribution in [0.1, 0.15) is 30.6 Å². The van der Waals surface area contributed by atoms with Crippen molar-refractivity contribution in [2.24, 2.45) is 5.92 Å². The lowest BCUT2D eigenvalue weighted by molar-refractivity contribution is -0.132. The predicted octanol–water partition coefficient (Wildman–Crippen LogP) is 1.44. The Balaban J connectivity index is 1.79. The van der Waals surface area contributed by atoms with Gasteiger partial charge in [-0.2, -0.15) is 0 Å². The molecule has 1 N–H and O–H groups in total. The minimum Gasteiger partial charge on any atom is -0.378 e. The number of rotatable bonds is 7. The number of carbonyl (C=O) groups excluding carboxylic acids is 3. The average molecular weight is 447 g/mol. The number of methoxy groups -OCH3 is 1. The van der Waals surface area contributed by atoms with E-state index in [0.717, 1.165) is 5.69 Å². The van der Waals surface area contributed by atoms with Crippen LogP contribution in [-0.4, -0.2) is 93.7 Å². The molecule has 3 rings (SSSR count). The van der Waals surface area contributed by atoms with Crippen molar-refractivity contribution >= 4 is 29.1 Å². The molecule has 3 amide bonds. The van der Waals surface area contributed by atoms with Gasteiger partial charge < -0.3 is 29.5 Å². The van der Waals surface area contributed by atoms with Crippen LogP contribution >= 0.6 is 0 Å². The molecule has 2 aliphatic rings.